The molecule has 3 aromatic rings. The van der Waals surface area contributed by atoms with Crippen molar-refractivity contribution in [2.24, 2.45) is 0 Å². The number of nitrogens with zero attached hydrogens (tertiary/aromatic N) is 1. The molecule has 4 rings (SSSR count). The van der Waals surface area contributed by atoms with Crippen LogP contribution < -0.4 is 10.2 Å². The van der Waals surface area contributed by atoms with Crippen LogP contribution in [0.5, 0.6) is 0 Å². The van der Waals surface area contributed by atoms with E-state index in [1.165, 1.54) is 24.3 Å². The Bertz CT molecular complexity index is 1310. The smallest absolute Gasteiger partial charge is 0.338 e. The van der Waals surface area contributed by atoms with Crippen LogP contribution in [0.2, 0.25) is 0 Å². The van der Waals surface area contributed by atoms with E-state index in [4.69, 9.17) is 4.74 Å². The molecule has 0 radical (unpaired) electrons. The SMILES string of the molecule is O=C(COC(=O)c1cccc(N2C(=O)C=CC2=O)c1)Nc1ccccc1C(=O)c1ccccc1. The zero-order chi connectivity index (χ0) is 24.1. The first-order valence-corrected chi connectivity index (χ1v) is 10.3. The highest BCUT2D eigenvalue weighted by Gasteiger charge is 2.26. The van der Waals surface area contributed by atoms with Gasteiger partial charge in [-0.05, 0) is 30.3 Å². The molecule has 1 N–H and O–H groups in total. The van der Waals surface area contributed by atoms with Crippen molar-refractivity contribution in [1.82, 2.24) is 0 Å². The molecular formula is C26H18N2O6. The number of hydrogen-bond donors (Lipinski definition) is 1. The first-order chi connectivity index (χ1) is 16.4. The van der Waals surface area contributed by atoms with E-state index < -0.39 is 30.3 Å². The maximum Gasteiger partial charge on any atom is 0.338 e. The molecule has 0 bridgehead atoms. The zero-order valence-electron chi connectivity index (χ0n) is 17.8. The van der Waals surface area contributed by atoms with Crippen LogP contribution >= 0.6 is 0 Å². The Morgan fingerprint density at radius 3 is 2.15 bits per heavy atom. The second-order valence-electron chi connectivity index (χ2n) is 7.26. The summed E-state index contributed by atoms with van der Waals surface area (Å²) in [5.41, 5.74) is 1.35. The summed E-state index contributed by atoms with van der Waals surface area (Å²) in [6.45, 7) is -0.597. The lowest BCUT2D eigenvalue weighted by atomic mass is 10.0. The molecule has 0 saturated heterocycles. The molecule has 3 amide bonds. The fraction of sp³-hybridized carbons (Fsp3) is 0.0385. The van der Waals surface area contributed by atoms with Gasteiger partial charge < -0.3 is 10.1 Å². The number of carbonyl (C=O) groups is 5. The van der Waals surface area contributed by atoms with E-state index >= 15 is 0 Å². The fourth-order valence-electron chi connectivity index (χ4n) is 3.36. The number of carbonyl (C=O) groups excluding carboxylic acids is 5. The van der Waals surface area contributed by atoms with E-state index in [0.29, 0.717) is 11.1 Å². The van der Waals surface area contributed by atoms with E-state index in [-0.39, 0.29) is 22.7 Å². The number of ether oxygens (including phenoxy) is 1. The van der Waals surface area contributed by atoms with Gasteiger partial charge in [-0.15, -0.1) is 0 Å². The van der Waals surface area contributed by atoms with Crippen molar-refractivity contribution in [2.45, 2.75) is 0 Å². The minimum Gasteiger partial charge on any atom is -0.452 e. The van der Waals surface area contributed by atoms with Crippen LogP contribution in [0.1, 0.15) is 26.3 Å². The van der Waals surface area contributed by atoms with E-state index in [1.807, 2.05) is 0 Å². The first-order valence-electron chi connectivity index (χ1n) is 10.3. The van der Waals surface area contributed by atoms with E-state index in [0.717, 1.165) is 17.1 Å². The molecule has 1 heterocycles. The summed E-state index contributed by atoms with van der Waals surface area (Å²) in [6, 6.07) is 20.9. The Labute approximate surface area is 194 Å². The van der Waals surface area contributed by atoms with Crippen LogP contribution in [-0.4, -0.2) is 36.1 Å². The molecule has 0 atom stereocenters. The summed E-state index contributed by atoms with van der Waals surface area (Å²) in [5.74, 6) is -2.73. The lowest BCUT2D eigenvalue weighted by Gasteiger charge is -2.14. The molecule has 1 aliphatic heterocycles. The Morgan fingerprint density at radius 2 is 1.41 bits per heavy atom. The minimum atomic E-state index is -0.808. The molecule has 0 fully saturated rings. The normalized spacial score (nSPS) is 12.5. The number of nitrogens with one attached hydrogen (secondary N) is 1. The van der Waals surface area contributed by atoms with Gasteiger partial charge in [0.2, 0.25) is 0 Å². The molecular weight excluding hydrogens is 436 g/mol. The third-order valence-corrected chi connectivity index (χ3v) is 4.97. The maximum absolute atomic E-state index is 12.8. The lowest BCUT2D eigenvalue weighted by Crippen LogP contribution is -2.29. The first kappa shape index (κ1) is 22.3. The molecule has 1 aliphatic rings. The molecule has 3 aromatic carbocycles. The van der Waals surface area contributed by atoms with Crippen LogP contribution in [0.25, 0.3) is 0 Å². The predicted octanol–water partition coefficient (Wildman–Crippen LogP) is 3.14. The third kappa shape index (κ3) is 4.81. The van der Waals surface area contributed by atoms with E-state index in [1.54, 1.807) is 54.6 Å². The number of rotatable bonds is 7. The van der Waals surface area contributed by atoms with Crippen LogP contribution in [-0.2, 0) is 19.1 Å². The molecule has 0 spiro atoms. The highest BCUT2D eigenvalue weighted by Crippen LogP contribution is 2.21. The lowest BCUT2D eigenvalue weighted by molar-refractivity contribution is -0.120. The van der Waals surface area contributed by atoms with Gasteiger partial charge in [-0.1, -0.05) is 48.5 Å². The number of imide groups is 1. The van der Waals surface area contributed by atoms with Gasteiger partial charge in [-0.25, -0.2) is 9.69 Å². The summed E-state index contributed by atoms with van der Waals surface area (Å²) in [5, 5.41) is 2.59. The van der Waals surface area contributed by atoms with Crippen LogP contribution in [0.15, 0.2) is 91.0 Å². The average molecular weight is 454 g/mol. The molecule has 0 unspecified atom stereocenters. The quantitative estimate of drug-likeness (QED) is 0.334. The van der Waals surface area contributed by atoms with Crippen LogP contribution in [0.4, 0.5) is 11.4 Å². The van der Waals surface area contributed by atoms with E-state index in [9.17, 15) is 24.0 Å². The predicted molar refractivity (Wildman–Crippen MR) is 123 cm³/mol. The minimum absolute atomic E-state index is 0.0671. The molecule has 0 saturated carbocycles. The highest BCUT2D eigenvalue weighted by molar-refractivity contribution is 6.28. The number of amides is 3. The van der Waals surface area contributed by atoms with Crippen LogP contribution in [0, 0.1) is 0 Å². The highest BCUT2D eigenvalue weighted by atomic mass is 16.5. The molecule has 0 aromatic heterocycles. The second kappa shape index (κ2) is 9.74. The molecule has 34 heavy (non-hydrogen) atoms. The monoisotopic (exact) mass is 454 g/mol. The van der Waals surface area contributed by atoms with Gasteiger partial charge in [0.25, 0.3) is 17.7 Å². The van der Waals surface area contributed by atoms with Crippen molar-refractivity contribution in [3.63, 3.8) is 0 Å². The molecule has 0 aliphatic carbocycles. The van der Waals surface area contributed by atoms with Gasteiger partial charge in [-0.2, -0.15) is 0 Å². The van der Waals surface area contributed by atoms with Gasteiger partial charge >= 0.3 is 5.97 Å². The van der Waals surface area contributed by atoms with Crippen molar-refractivity contribution in [3.8, 4) is 0 Å². The second-order valence-corrected chi connectivity index (χ2v) is 7.26. The number of ketones is 1. The summed E-state index contributed by atoms with van der Waals surface area (Å²) < 4.78 is 5.08. The summed E-state index contributed by atoms with van der Waals surface area (Å²) in [7, 11) is 0. The fourth-order valence-corrected chi connectivity index (χ4v) is 3.36. The zero-order valence-corrected chi connectivity index (χ0v) is 17.8. The number of benzene rings is 3. The standard InChI is InChI=1S/C26H18N2O6/c29-22(27-21-12-5-4-11-20(21)25(32)17-7-2-1-3-8-17)16-34-26(33)18-9-6-10-19(15-18)28-23(30)13-14-24(28)31/h1-15H,16H2,(H,27,29). The molecule has 8 nitrogen and oxygen atoms in total. The van der Waals surface area contributed by atoms with Gasteiger partial charge in [-0.3, -0.25) is 19.2 Å². The van der Waals surface area contributed by atoms with Gasteiger partial charge in [0.05, 0.1) is 16.9 Å². The summed E-state index contributed by atoms with van der Waals surface area (Å²) in [6.07, 6.45) is 2.27. The number of anilines is 2. The average Bonchev–Trinajstić information content (AvgIpc) is 3.20. The molecule has 168 valence electrons. The van der Waals surface area contributed by atoms with Gasteiger partial charge in [0, 0.05) is 23.3 Å². The van der Waals surface area contributed by atoms with Crippen molar-refractivity contribution in [3.05, 3.63) is 108 Å². The Morgan fingerprint density at radius 1 is 0.765 bits per heavy atom. The Hall–Kier alpha value is -4.85. The Kier molecular flexibility index (Phi) is 6.40. The van der Waals surface area contributed by atoms with Crippen molar-refractivity contribution < 1.29 is 28.7 Å². The van der Waals surface area contributed by atoms with Crippen LogP contribution in [0.3, 0.4) is 0 Å². The van der Waals surface area contributed by atoms with Gasteiger partial charge in [0.1, 0.15) is 0 Å². The van der Waals surface area contributed by atoms with E-state index in [2.05, 4.69) is 5.32 Å². The maximum atomic E-state index is 12.8. The topological polar surface area (TPSA) is 110 Å². The Balaban J connectivity index is 1.40. The van der Waals surface area contributed by atoms with Crippen molar-refractivity contribution in [2.75, 3.05) is 16.8 Å². The number of hydrogen-bond acceptors (Lipinski definition) is 6. The summed E-state index contributed by atoms with van der Waals surface area (Å²) >= 11 is 0. The number of esters is 1. The van der Waals surface area contributed by atoms with Crippen molar-refractivity contribution in [1.29, 1.82) is 0 Å². The number of para-hydroxylation sites is 1. The van der Waals surface area contributed by atoms with Crippen molar-refractivity contribution >= 4 is 40.8 Å². The molecule has 8 heteroatoms. The third-order valence-electron chi connectivity index (χ3n) is 4.97. The largest absolute Gasteiger partial charge is 0.452 e. The van der Waals surface area contributed by atoms with Gasteiger partial charge in [0.15, 0.2) is 12.4 Å². The summed E-state index contributed by atoms with van der Waals surface area (Å²) in [4.78, 5) is 62.3.